The fourth-order valence-corrected chi connectivity index (χ4v) is 3.34. The SMILES string of the molecule is CCOc1ccc(PC(=O)c2c(OC)cccc2OC)c(C)c1.[H-].[Li+]. The largest absolute Gasteiger partial charge is 1.00 e. The van der Waals surface area contributed by atoms with E-state index < -0.39 is 0 Å². The zero-order valence-electron chi connectivity index (χ0n) is 15.8. The van der Waals surface area contributed by atoms with E-state index in [0.29, 0.717) is 23.7 Å². The molecule has 6 heteroatoms. The summed E-state index contributed by atoms with van der Waals surface area (Å²) in [5, 5.41) is 0.992. The van der Waals surface area contributed by atoms with Gasteiger partial charge >= 0.3 is 18.9 Å². The number of rotatable bonds is 7. The first-order valence-electron chi connectivity index (χ1n) is 7.36. The smallest absolute Gasteiger partial charge is 1.00 e. The van der Waals surface area contributed by atoms with Crippen LogP contribution in [0.4, 0.5) is 0 Å². The summed E-state index contributed by atoms with van der Waals surface area (Å²) in [4.78, 5) is 12.8. The number of carbonyl (C=O) groups is 1. The quantitative estimate of drug-likeness (QED) is 0.549. The summed E-state index contributed by atoms with van der Waals surface area (Å²) < 4.78 is 16.1. The Morgan fingerprint density at radius 1 is 1.12 bits per heavy atom. The van der Waals surface area contributed by atoms with Crippen molar-refractivity contribution in [1.29, 1.82) is 0 Å². The standard InChI is InChI=1S/C18H21O4P.Li.H/c1-5-22-13-9-10-16(12(2)11-13)23-18(19)17-14(20-3)7-6-8-15(17)21-4;;/h6-11,23H,5H2,1-4H3;;/q;+1;-1. The van der Waals surface area contributed by atoms with Crippen molar-refractivity contribution in [3.63, 3.8) is 0 Å². The van der Waals surface area contributed by atoms with Crippen LogP contribution in [0.25, 0.3) is 0 Å². The second-order valence-electron chi connectivity index (χ2n) is 4.90. The summed E-state index contributed by atoms with van der Waals surface area (Å²) in [6.07, 6.45) is 0. The van der Waals surface area contributed by atoms with E-state index in [1.807, 2.05) is 32.0 Å². The molecule has 0 N–H and O–H groups in total. The van der Waals surface area contributed by atoms with Gasteiger partial charge in [-0.05, 0) is 57.6 Å². The number of methoxy groups -OCH3 is 2. The van der Waals surface area contributed by atoms with Gasteiger partial charge in [-0.25, -0.2) is 0 Å². The van der Waals surface area contributed by atoms with E-state index in [1.165, 1.54) is 0 Å². The van der Waals surface area contributed by atoms with Crippen molar-refractivity contribution in [3.8, 4) is 17.2 Å². The van der Waals surface area contributed by atoms with Crippen LogP contribution in [-0.2, 0) is 0 Å². The Morgan fingerprint density at radius 2 is 1.75 bits per heavy atom. The van der Waals surface area contributed by atoms with Crippen LogP contribution in [0.15, 0.2) is 36.4 Å². The van der Waals surface area contributed by atoms with Gasteiger partial charge in [0.1, 0.15) is 22.8 Å². The maximum Gasteiger partial charge on any atom is 1.00 e. The molecule has 0 aliphatic heterocycles. The van der Waals surface area contributed by atoms with Crippen LogP contribution in [0.3, 0.4) is 0 Å². The molecule has 2 rings (SSSR count). The molecule has 2 aromatic rings. The van der Waals surface area contributed by atoms with Crippen molar-refractivity contribution in [2.45, 2.75) is 13.8 Å². The van der Waals surface area contributed by atoms with Gasteiger partial charge in [0.15, 0.2) is 5.52 Å². The summed E-state index contributed by atoms with van der Waals surface area (Å²) in [5.41, 5.74) is 1.52. The molecule has 0 bridgehead atoms. The first-order valence-corrected chi connectivity index (χ1v) is 8.36. The summed E-state index contributed by atoms with van der Waals surface area (Å²) in [7, 11) is 3.10. The Kier molecular flexibility index (Phi) is 8.35. The van der Waals surface area contributed by atoms with Crippen LogP contribution < -0.4 is 38.4 Å². The maximum atomic E-state index is 12.8. The van der Waals surface area contributed by atoms with Gasteiger partial charge in [0.25, 0.3) is 0 Å². The predicted octanol–water partition coefficient (Wildman–Crippen LogP) is 0.672. The van der Waals surface area contributed by atoms with Gasteiger partial charge < -0.3 is 15.6 Å². The van der Waals surface area contributed by atoms with Crippen LogP contribution >= 0.6 is 8.58 Å². The molecule has 2 aromatic carbocycles. The van der Waals surface area contributed by atoms with Crippen molar-refractivity contribution < 1.29 is 39.3 Å². The van der Waals surface area contributed by atoms with Gasteiger partial charge in [-0.2, -0.15) is 0 Å². The van der Waals surface area contributed by atoms with Crippen LogP contribution in [-0.4, -0.2) is 26.4 Å². The number of ether oxygens (including phenoxy) is 3. The zero-order chi connectivity index (χ0) is 16.8. The molecule has 0 aromatic heterocycles. The summed E-state index contributed by atoms with van der Waals surface area (Å²) in [5.74, 6) is 1.89. The van der Waals surface area contributed by atoms with Crippen LogP contribution in [0.2, 0.25) is 0 Å². The molecule has 0 saturated heterocycles. The molecule has 0 aliphatic carbocycles. The molecular formula is C18H22LiO4P. The Morgan fingerprint density at radius 3 is 2.25 bits per heavy atom. The summed E-state index contributed by atoms with van der Waals surface area (Å²) in [6.45, 7) is 4.55. The second kappa shape index (κ2) is 9.74. The molecule has 0 heterocycles. The molecular weight excluding hydrogens is 318 g/mol. The molecule has 0 amide bonds. The molecule has 0 fully saturated rings. The van der Waals surface area contributed by atoms with E-state index in [0.717, 1.165) is 16.6 Å². The third-order valence-corrected chi connectivity index (χ3v) is 4.72. The Balaban J connectivity index is 0.00000288. The minimum atomic E-state index is -0.00781. The van der Waals surface area contributed by atoms with Crippen molar-refractivity contribution in [2.75, 3.05) is 20.8 Å². The summed E-state index contributed by atoms with van der Waals surface area (Å²) >= 11 is 0. The van der Waals surface area contributed by atoms with Crippen LogP contribution in [0.1, 0.15) is 24.3 Å². The number of aryl methyl sites for hydroxylation is 1. The van der Waals surface area contributed by atoms with Crippen molar-refractivity contribution in [1.82, 2.24) is 0 Å². The fourth-order valence-electron chi connectivity index (χ4n) is 2.29. The molecule has 24 heavy (non-hydrogen) atoms. The van der Waals surface area contributed by atoms with Gasteiger partial charge in [-0.15, -0.1) is 0 Å². The second-order valence-corrected chi connectivity index (χ2v) is 6.14. The Labute approximate surface area is 158 Å². The molecule has 0 saturated carbocycles. The van der Waals surface area contributed by atoms with Crippen LogP contribution in [0.5, 0.6) is 17.2 Å². The number of benzene rings is 2. The number of carbonyl (C=O) groups excluding carboxylic acids is 1. The normalized spacial score (nSPS) is 10.3. The van der Waals surface area contributed by atoms with Gasteiger partial charge in [0.05, 0.1) is 20.8 Å². The van der Waals surface area contributed by atoms with E-state index >= 15 is 0 Å². The zero-order valence-corrected chi connectivity index (χ0v) is 15.8. The average Bonchev–Trinajstić information content (AvgIpc) is 2.56. The van der Waals surface area contributed by atoms with Gasteiger partial charge in [-0.3, -0.25) is 4.79 Å². The van der Waals surface area contributed by atoms with E-state index in [-0.39, 0.29) is 34.4 Å². The van der Waals surface area contributed by atoms with Gasteiger partial charge in [-0.1, -0.05) is 12.1 Å². The Hall–Kier alpha value is -1.46. The summed E-state index contributed by atoms with van der Waals surface area (Å²) in [6, 6.07) is 11.1. The topological polar surface area (TPSA) is 44.8 Å². The van der Waals surface area contributed by atoms with Crippen LogP contribution in [0, 0.1) is 6.92 Å². The molecule has 1 atom stereocenters. The number of hydrogen-bond acceptors (Lipinski definition) is 4. The van der Waals surface area contributed by atoms with Crippen molar-refractivity contribution >= 4 is 19.4 Å². The minimum absolute atomic E-state index is 0. The van der Waals surface area contributed by atoms with E-state index in [9.17, 15) is 4.79 Å². The van der Waals surface area contributed by atoms with E-state index in [1.54, 1.807) is 32.4 Å². The van der Waals surface area contributed by atoms with Gasteiger partial charge in [0, 0.05) is 0 Å². The van der Waals surface area contributed by atoms with E-state index in [2.05, 4.69) is 0 Å². The minimum Gasteiger partial charge on any atom is -1.00 e. The van der Waals surface area contributed by atoms with Gasteiger partial charge in [0.2, 0.25) is 0 Å². The first kappa shape index (κ1) is 20.6. The third-order valence-electron chi connectivity index (χ3n) is 3.41. The predicted molar refractivity (Wildman–Crippen MR) is 95.3 cm³/mol. The monoisotopic (exact) mass is 340 g/mol. The fraction of sp³-hybridized carbons (Fsp3) is 0.278. The molecule has 4 nitrogen and oxygen atoms in total. The van der Waals surface area contributed by atoms with Crippen molar-refractivity contribution in [2.24, 2.45) is 0 Å². The third kappa shape index (κ3) is 4.77. The maximum absolute atomic E-state index is 12.8. The van der Waals surface area contributed by atoms with Crippen molar-refractivity contribution in [3.05, 3.63) is 47.5 Å². The molecule has 0 spiro atoms. The van der Waals surface area contributed by atoms with E-state index in [4.69, 9.17) is 14.2 Å². The molecule has 1 unspecified atom stereocenters. The Bertz CT molecular complexity index is 687. The first-order chi connectivity index (χ1) is 11.1. The number of hydrogen-bond donors (Lipinski definition) is 0. The molecule has 0 radical (unpaired) electrons. The molecule has 124 valence electrons. The average molecular weight is 340 g/mol. The molecule has 0 aliphatic rings.